The second-order valence-corrected chi connectivity index (χ2v) is 6.12. The molecule has 3 rings (SSSR count). The van der Waals surface area contributed by atoms with Gasteiger partial charge in [0.2, 0.25) is 0 Å². The SMILES string of the molecule is CC(=O)Oc1ccc2c(c1)OCC(c1ccc(Br)cc1)C2O. The molecule has 1 aliphatic rings. The molecule has 0 saturated carbocycles. The first-order valence-electron chi connectivity index (χ1n) is 6.93. The summed E-state index contributed by atoms with van der Waals surface area (Å²) in [7, 11) is 0. The fourth-order valence-corrected chi connectivity index (χ4v) is 2.85. The summed E-state index contributed by atoms with van der Waals surface area (Å²) in [4.78, 5) is 11.0. The van der Waals surface area contributed by atoms with Gasteiger partial charge in [-0.05, 0) is 29.8 Å². The van der Waals surface area contributed by atoms with Crippen LogP contribution in [-0.4, -0.2) is 17.7 Å². The van der Waals surface area contributed by atoms with Crippen LogP contribution in [0.25, 0.3) is 0 Å². The Morgan fingerprint density at radius 2 is 2.00 bits per heavy atom. The third-order valence-corrected chi connectivity index (χ3v) is 4.19. The van der Waals surface area contributed by atoms with Crippen LogP contribution in [-0.2, 0) is 4.79 Å². The lowest BCUT2D eigenvalue weighted by Gasteiger charge is -2.30. The minimum Gasteiger partial charge on any atom is -0.492 e. The topological polar surface area (TPSA) is 55.8 Å². The number of esters is 1. The molecule has 22 heavy (non-hydrogen) atoms. The van der Waals surface area contributed by atoms with Gasteiger partial charge in [0.1, 0.15) is 11.5 Å². The molecule has 0 amide bonds. The maximum absolute atomic E-state index is 11.0. The maximum Gasteiger partial charge on any atom is 0.308 e. The van der Waals surface area contributed by atoms with Gasteiger partial charge in [-0.2, -0.15) is 0 Å². The molecule has 0 aromatic heterocycles. The lowest BCUT2D eigenvalue weighted by atomic mass is 9.87. The fraction of sp³-hybridized carbons (Fsp3) is 0.235. The Labute approximate surface area is 136 Å². The maximum atomic E-state index is 11.0. The Bertz CT molecular complexity index is 696. The van der Waals surface area contributed by atoms with E-state index in [1.165, 1.54) is 6.92 Å². The molecule has 5 heteroatoms. The molecule has 2 unspecified atom stereocenters. The molecule has 0 saturated heterocycles. The van der Waals surface area contributed by atoms with Gasteiger partial charge in [0.05, 0.1) is 12.7 Å². The summed E-state index contributed by atoms with van der Waals surface area (Å²) in [6.45, 7) is 1.72. The number of hydrogen-bond acceptors (Lipinski definition) is 4. The van der Waals surface area contributed by atoms with Gasteiger partial charge in [-0.1, -0.05) is 28.1 Å². The molecule has 0 bridgehead atoms. The highest BCUT2D eigenvalue weighted by Crippen LogP contribution is 2.42. The third-order valence-electron chi connectivity index (χ3n) is 3.66. The van der Waals surface area contributed by atoms with Crippen molar-refractivity contribution in [1.29, 1.82) is 0 Å². The van der Waals surface area contributed by atoms with Crippen molar-refractivity contribution in [2.24, 2.45) is 0 Å². The summed E-state index contributed by atoms with van der Waals surface area (Å²) in [5.74, 6) is 0.462. The third kappa shape index (κ3) is 3.00. The van der Waals surface area contributed by atoms with Crippen LogP contribution in [0.5, 0.6) is 11.5 Å². The average molecular weight is 363 g/mol. The number of aliphatic hydroxyl groups excluding tert-OH is 1. The summed E-state index contributed by atoms with van der Waals surface area (Å²) in [5, 5.41) is 10.6. The normalized spacial score (nSPS) is 20.0. The van der Waals surface area contributed by atoms with Crippen LogP contribution in [0.3, 0.4) is 0 Å². The van der Waals surface area contributed by atoms with E-state index in [0.29, 0.717) is 23.7 Å². The van der Waals surface area contributed by atoms with Crippen molar-refractivity contribution in [2.45, 2.75) is 18.9 Å². The van der Waals surface area contributed by atoms with Gasteiger partial charge in [-0.3, -0.25) is 4.79 Å². The van der Waals surface area contributed by atoms with E-state index < -0.39 is 6.10 Å². The molecule has 0 radical (unpaired) electrons. The van der Waals surface area contributed by atoms with Crippen LogP contribution < -0.4 is 9.47 Å². The number of halogens is 1. The molecule has 1 aliphatic heterocycles. The van der Waals surface area contributed by atoms with Crippen LogP contribution >= 0.6 is 15.9 Å². The van der Waals surface area contributed by atoms with E-state index in [9.17, 15) is 9.90 Å². The van der Waals surface area contributed by atoms with Gasteiger partial charge in [-0.15, -0.1) is 0 Å². The predicted octanol–water partition coefficient (Wildman–Crippen LogP) is 3.58. The van der Waals surface area contributed by atoms with Gasteiger partial charge < -0.3 is 14.6 Å². The lowest BCUT2D eigenvalue weighted by Crippen LogP contribution is -2.24. The first kappa shape index (κ1) is 15.1. The van der Waals surface area contributed by atoms with E-state index in [1.807, 2.05) is 24.3 Å². The quantitative estimate of drug-likeness (QED) is 0.655. The van der Waals surface area contributed by atoms with Crippen molar-refractivity contribution in [2.75, 3.05) is 6.61 Å². The van der Waals surface area contributed by atoms with Crippen molar-refractivity contribution in [3.8, 4) is 11.5 Å². The van der Waals surface area contributed by atoms with Gasteiger partial charge in [-0.25, -0.2) is 0 Å². The smallest absolute Gasteiger partial charge is 0.308 e. The average Bonchev–Trinajstić information content (AvgIpc) is 2.48. The van der Waals surface area contributed by atoms with Gasteiger partial charge >= 0.3 is 5.97 Å². The van der Waals surface area contributed by atoms with Crippen molar-refractivity contribution >= 4 is 21.9 Å². The highest BCUT2D eigenvalue weighted by molar-refractivity contribution is 9.10. The molecule has 2 aromatic carbocycles. The summed E-state index contributed by atoms with van der Waals surface area (Å²) in [6, 6.07) is 12.9. The number of rotatable bonds is 2. The molecule has 0 fully saturated rings. The molecule has 2 aromatic rings. The molecule has 4 nitrogen and oxygen atoms in total. The molecule has 2 atom stereocenters. The number of aliphatic hydroxyl groups is 1. The van der Waals surface area contributed by atoms with Crippen molar-refractivity contribution in [3.05, 3.63) is 58.1 Å². The van der Waals surface area contributed by atoms with E-state index in [1.54, 1.807) is 18.2 Å². The van der Waals surface area contributed by atoms with E-state index in [-0.39, 0.29) is 11.9 Å². The van der Waals surface area contributed by atoms with Crippen LogP contribution in [0.2, 0.25) is 0 Å². The molecule has 1 N–H and O–H groups in total. The van der Waals surface area contributed by atoms with Crippen molar-refractivity contribution in [3.63, 3.8) is 0 Å². The standard InChI is InChI=1S/C17H15BrO4/c1-10(19)22-13-6-7-14-16(8-13)21-9-15(17(14)20)11-2-4-12(18)5-3-11/h2-8,15,17,20H,9H2,1H3. The van der Waals surface area contributed by atoms with Crippen LogP contribution in [0.15, 0.2) is 46.9 Å². The Balaban J connectivity index is 1.87. The van der Waals surface area contributed by atoms with E-state index in [0.717, 1.165) is 10.0 Å². The zero-order valence-electron chi connectivity index (χ0n) is 12.0. The molecule has 0 aliphatic carbocycles. The van der Waals surface area contributed by atoms with E-state index >= 15 is 0 Å². The number of ether oxygens (including phenoxy) is 2. The molecular weight excluding hydrogens is 348 g/mol. The summed E-state index contributed by atoms with van der Waals surface area (Å²) in [5.41, 5.74) is 1.72. The Morgan fingerprint density at radius 1 is 1.27 bits per heavy atom. The molecule has 114 valence electrons. The fourth-order valence-electron chi connectivity index (χ4n) is 2.59. The van der Waals surface area contributed by atoms with Gasteiger partial charge in [0, 0.05) is 28.9 Å². The summed E-state index contributed by atoms with van der Waals surface area (Å²) >= 11 is 3.40. The highest BCUT2D eigenvalue weighted by atomic mass is 79.9. The number of carbonyl (C=O) groups excluding carboxylic acids is 1. The van der Waals surface area contributed by atoms with Crippen molar-refractivity contribution in [1.82, 2.24) is 0 Å². The summed E-state index contributed by atoms with van der Waals surface area (Å²) in [6.07, 6.45) is -0.656. The minimum atomic E-state index is -0.656. The van der Waals surface area contributed by atoms with E-state index in [2.05, 4.69) is 15.9 Å². The zero-order valence-corrected chi connectivity index (χ0v) is 13.5. The Hall–Kier alpha value is -1.85. The first-order valence-corrected chi connectivity index (χ1v) is 7.72. The lowest BCUT2D eigenvalue weighted by molar-refractivity contribution is -0.131. The number of hydrogen-bond donors (Lipinski definition) is 1. The predicted molar refractivity (Wildman–Crippen MR) is 85.1 cm³/mol. The monoisotopic (exact) mass is 362 g/mol. The Morgan fingerprint density at radius 3 is 2.68 bits per heavy atom. The van der Waals surface area contributed by atoms with E-state index in [4.69, 9.17) is 9.47 Å². The van der Waals surface area contributed by atoms with Crippen LogP contribution in [0.1, 0.15) is 30.1 Å². The number of benzene rings is 2. The molecular formula is C17H15BrO4. The largest absolute Gasteiger partial charge is 0.492 e. The second-order valence-electron chi connectivity index (χ2n) is 5.21. The Kier molecular flexibility index (Phi) is 4.18. The molecule has 0 spiro atoms. The summed E-state index contributed by atoms with van der Waals surface area (Å²) < 4.78 is 11.8. The van der Waals surface area contributed by atoms with Crippen LogP contribution in [0, 0.1) is 0 Å². The number of fused-ring (bicyclic) bond motifs is 1. The highest BCUT2D eigenvalue weighted by Gasteiger charge is 2.30. The first-order chi connectivity index (χ1) is 10.5. The second kappa shape index (κ2) is 6.10. The molecule has 1 heterocycles. The van der Waals surface area contributed by atoms with Crippen molar-refractivity contribution < 1.29 is 19.4 Å². The zero-order chi connectivity index (χ0) is 15.7. The van der Waals surface area contributed by atoms with Gasteiger partial charge in [0.15, 0.2) is 0 Å². The minimum absolute atomic E-state index is 0.125. The van der Waals surface area contributed by atoms with Crippen LogP contribution in [0.4, 0.5) is 0 Å². The van der Waals surface area contributed by atoms with Gasteiger partial charge in [0.25, 0.3) is 0 Å². The number of carbonyl (C=O) groups is 1.